The molecule has 2 nitrogen and oxygen atoms in total. The van der Waals surface area contributed by atoms with Crippen LogP contribution in [0.3, 0.4) is 0 Å². The van der Waals surface area contributed by atoms with Gasteiger partial charge >= 0.3 is 0 Å². The first kappa shape index (κ1) is 14.5. The molecule has 0 amide bonds. The van der Waals surface area contributed by atoms with E-state index in [1.54, 1.807) is 0 Å². The Bertz CT molecular complexity index is 700. The molecule has 0 aliphatic rings. The summed E-state index contributed by atoms with van der Waals surface area (Å²) in [5.41, 5.74) is 3.25. The maximum atomic E-state index is 12.6. The number of carbonyl (C=O) groups is 1. The third-order valence-electron chi connectivity index (χ3n) is 3.23. The second-order valence-corrected chi connectivity index (χ2v) is 5.72. The number of nitriles is 1. The molecule has 1 unspecified atom stereocenters. The third kappa shape index (κ3) is 2.97. The highest BCUT2D eigenvalue weighted by molar-refractivity contribution is 9.10. The van der Waals surface area contributed by atoms with Crippen molar-refractivity contribution in [2.75, 3.05) is 0 Å². The topological polar surface area (TPSA) is 40.9 Å². The van der Waals surface area contributed by atoms with Crippen molar-refractivity contribution >= 4 is 21.7 Å². The second-order valence-electron chi connectivity index (χ2n) is 4.80. The van der Waals surface area contributed by atoms with Crippen molar-refractivity contribution in [2.45, 2.75) is 19.8 Å². The first-order chi connectivity index (χ1) is 9.52. The van der Waals surface area contributed by atoms with Crippen molar-refractivity contribution < 1.29 is 4.79 Å². The average Bonchev–Trinajstić information content (AvgIpc) is 2.42. The zero-order valence-electron chi connectivity index (χ0n) is 11.4. The number of aryl methyl sites for hydroxylation is 2. The van der Waals surface area contributed by atoms with Crippen LogP contribution in [0.2, 0.25) is 0 Å². The fourth-order valence-electron chi connectivity index (χ4n) is 2.13. The van der Waals surface area contributed by atoms with Gasteiger partial charge in [0.15, 0.2) is 5.78 Å². The van der Waals surface area contributed by atoms with Crippen molar-refractivity contribution in [3.63, 3.8) is 0 Å². The molecule has 0 saturated carbocycles. The number of hydrogen-bond acceptors (Lipinski definition) is 2. The minimum absolute atomic E-state index is 0.146. The molecule has 0 saturated heterocycles. The maximum Gasteiger partial charge on any atom is 0.184 e. The minimum Gasteiger partial charge on any atom is -0.292 e. The SMILES string of the molecule is Cc1ccc(C)c(C(=O)C(C#N)c2cccc(Br)c2)c1. The van der Waals surface area contributed by atoms with Gasteiger partial charge in [0.1, 0.15) is 5.92 Å². The molecule has 2 aromatic carbocycles. The summed E-state index contributed by atoms with van der Waals surface area (Å²) in [6.45, 7) is 3.83. The van der Waals surface area contributed by atoms with Crippen LogP contribution in [-0.4, -0.2) is 5.78 Å². The second kappa shape index (κ2) is 6.02. The van der Waals surface area contributed by atoms with E-state index in [2.05, 4.69) is 22.0 Å². The van der Waals surface area contributed by atoms with E-state index in [4.69, 9.17) is 0 Å². The lowest BCUT2D eigenvalue weighted by molar-refractivity contribution is 0.0978. The molecular formula is C17H14BrNO. The zero-order valence-corrected chi connectivity index (χ0v) is 12.9. The summed E-state index contributed by atoms with van der Waals surface area (Å²) in [7, 11) is 0. The van der Waals surface area contributed by atoms with E-state index < -0.39 is 5.92 Å². The van der Waals surface area contributed by atoms with Gasteiger partial charge in [-0.25, -0.2) is 0 Å². The predicted molar refractivity (Wildman–Crippen MR) is 82.7 cm³/mol. The number of rotatable bonds is 3. The Balaban J connectivity index is 2.45. The molecule has 0 N–H and O–H groups in total. The first-order valence-corrected chi connectivity index (χ1v) is 7.09. The highest BCUT2D eigenvalue weighted by Crippen LogP contribution is 2.25. The standard InChI is InChI=1S/C17H14BrNO/c1-11-6-7-12(2)15(8-11)17(20)16(10-19)13-4-3-5-14(18)9-13/h3-9,16H,1-2H3. The largest absolute Gasteiger partial charge is 0.292 e. The molecule has 0 aliphatic heterocycles. The quantitative estimate of drug-likeness (QED) is 0.775. The summed E-state index contributed by atoms with van der Waals surface area (Å²) in [6.07, 6.45) is 0. The zero-order chi connectivity index (χ0) is 14.7. The van der Waals surface area contributed by atoms with Gasteiger partial charge in [-0.1, -0.05) is 45.8 Å². The fraction of sp³-hybridized carbons (Fsp3) is 0.176. The Labute approximate surface area is 127 Å². The van der Waals surface area contributed by atoms with E-state index in [1.807, 2.05) is 56.3 Å². The van der Waals surface area contributed by atoms with Crippen LogP contribution in [0.25, 0.3) is 0 Å². The van der Waals surface area contributed by atoms with Crippen LogP contribution in [-0.2, 0) is 0 Å². The molecule has 0 aromatic heterocycles. The van der Waals surface area contributed by atoms with Crippen LogP contribution < -0.4 is 0 Å². The smallest absolute Gasteiger partial charge is 0.184 e. The molecule has 100 valence electrons. The Morgan fingerprint density at radius 2 is 1.95 bits per heavy atom. The van der Waals surface area contributed by atoms with E-state index >= 15 is 0 Å². The molecule has 0 bridgehead atoms. The molecule has 0 radical (unpaired) electrons. The normalized spacial score (nSPS) is 11.7. The summed E-state index contributed by atoms with van der Waals surface area (Å²) in [6, 6.07) is 15.2. The van der Waals surface area contributed by atoms with Gasteiger partial charge in [-0.3, -0.25) is 4.79 Å². The van der Waals surface area contributed by atoms with Crippen molar-refractivity contribution in [2.24, 2.45) is 0 Å². The van der Waals surface area contributed by atoms with Gasteiger partial charge in [-0.2, -0.15) is 5.26 Å². The van der Waals surface area contributed by atoms with Gasteiger partial charge in [0, 0.05) is 10.0 Å². The lowest BCUT2D eigenvalue weighted by atomic mass is 9.89. The van der Waals surface area contributed by atoms with E-state index in [0.29, 0.717) is 11.1 Å². The number of hydrogen-bond donors (Lipinski definition) is 0. The van der Waals surface area contributed by atoms with E-state index in [9.17, 15) is 10.1 Å². The Kier molecular flexibility index (Phi) is 4.36. The third-order valence-corrected chi connectivity index (χ3v) is 3.73. The van der Waals surface area contributed by atoms with Gasteiger partial charge < -0.3 is 0 Å². The van der Waals surface area contributed by atoms with Gasteiger partial charge in [-0.15, -0.1) is 0 Å². The minimum atomic E-state index is -0.770. The van der Waals surface area contributed by atoms with Crippen LogP contribution in [0.5, 0.6) is 0 Å². The van der Waals surface area contributed by atoms with Gasteiger partial charge in [0.2, 0.25) is 0 Å². The Morgan fingerprint density at radius 1 is 1.20 bits per heavy atom. The highest BCUT2D eigenvalue weighted by Gasteiger charge is 2.23. The van der Waals surface area contributed by atoms with Crippen LogP contribution in [0.1, 0.15) is 33.0 Å². The molecule has 20 heavy (non-hydrogen) atoms. The van der Waals surface area contributed by atoms with Crippen LogP contribution >= 0.6 is 15.9 Å². The van der Waals surface area contributed by atoms with Gasteiger partial charge in [0.05, 0.1) is 6.07 Å². The lowest BCUT2D eigenvalue weighted by Gasteiger charge is -2.11. The average molecular weight is 328 g/mol. The molecule has 0 heterocycles. The first-order valence-electron chi connectivity index (χ1n) is 6.29. The fourth-order valence-corrected chi connectivity index (χ4v) is 2.54. The summed E-state index contributed by atoms with van der Waals surface area (Å²) < 4.78 is 0.865. The molecule has 0 spiro atoms. The highest BCUT2D eigenvalue weighted by atomic mass is 79.9. The predicted octanol–water partition coefficient (Wildman–Crippen LogP) is 4.56. The molecular weight excluding hydrogens is 314 g/mol. The molecule has 2 rings (SSSR count). The van der Waals surface area contributed by atoms with Crippen molar-refractivity contribution in [1.29, 1.82) is 5.26 Å². The lowest BCUT2D eigenvalue weighted by Crippen LogP contribution is -2.13. The van der Waals surface area contributed by atoms with Gasteiger partial charge in [-0.05, 0) is 43.2 Å². The maximum absolute atomic E-state index is 12.6. The molecule has 1 atom stereocenters. The summed E-state index contributed by atoms with van der Waals surface area (Å²) in [5, 5.41) is 9.38. The number of Topliss-reactive ketones (excluding diaryl/α,β-unsaturated/α-hetero) is 1. The van der Waals surface area contributed by atoms with E-state index in [-0.39, 0.29) is 5.78 Å². The Hall–Kier alpha value is -1.92. The number of halogens is 1. The summed E-state index contributed by atoms with van der Waals surface area (Å²) >= 11 is 3.37. The Morgan fingerprint density at radius 3 is 2.60 bits per heavy atom. The summed E-state index contributed by atoms with van der Waals surface area (Å²) in [4.78, 5) is 12.6. The number of carbonyl (C=O) groups excluding carboxylic acids is 1. The van der Waals surface area contributed by atoms with E-state index in [0.717, 1.165) is 15.6 Å². The van der Waals surface area contributed by atoms with Crippen LogP contribution in [0.4, 0.5) is 0 Å². The number of ketones is 1. The van der Waals surface area contributed by atoms with Crippen LogP contribution in [0.15, 0.2) is 46.9 Å². The van der Waals surface area contributed by atoms with Gasteiger partial charge in [0.25, 0.3) is 0 Å². The van der Waals surface area contributed by atoms with E-state index in [1.165, 1.54) is 0 Å². The van der Waals surface area contributed by atoms with Crippen LogP contribution in [0, 0.1) is 25.2 Å². The van der Waals surface area contributed by atoms with Crippen molar-refractivity contribution in [3.8, 4) is 6.07 Å². The summed E-state index contributed by atoms with van der Waals surface area (Å²) in [5.74, 6) is -0.917. The molecule has 2 aromatic rings. The molecule has 0 aliphatic carbocycles. The van der Waals surface area contributed by atoms with Crippen molar-refractivity contribution in [1.82, 2.24) is 0 Å². The molecule has 0 fully saturated rings. The van der Waals surface area contributed by atoms with Crippen molar-refractivity contribution in [3.05, 3.63) is 69.2 Å². The number of benzene rings is 2. The monoisotopic (exact) mass is 327 g/mol. The number of nitrogens with zero attached hydrogens (tertiary/aromatic N) is 1. The molecule has 3 heteroatoms.